The lowest BCUT2D eigenvalue weighted by molar-refractivity contribution is 0.923. The predicted molar refractivity (Wildman–Crippen MR) is 60.4 cm³/mol. The second kappa shape index (κ2) is 5.40. The topological polar surface area (TPSA) is 50.4 Å². The van der Waals surface area contributed by atoms with Gasteiger partial charge in [0, 0.05) is 0 Å². The lowest BCUT2D eigenvalue weighted by Crippen LogP contribution is -2.26. The van der Waals surface area contributed by atoms with Crippen molar-refractivity contribution in [2.45, 2.75) is 13.5 Å². The van der Waals surface area contributed by atoms with E-state index in [1.54, 1.807) is 0 Å². The summed E-state index contributed by atoms with van der Waals surface area (Å²) in [5.41, 5.74) is 8.10. The maximum absolute atomic E-state index is 5.65. The SMILES string of the molecule is CNCC(N)=NCc1ccc(C)cc1. The highest BCUT2D eigenvalue weighted by atomic mass is 14.9. The van der Waals surface area contributed by atoms with Crippen LogP contribution >= 0.6 is 0 Å². The van der Waals surface area contributed by atoms with Gasteiger partial charge in [0.15, 0.2) is 0 Å². The van der Waals surface area contributed by atoms with Crippen LogP contribution in [0.5, 0.6) is 0 Å². The Kier molecular flexibility index (Phi) is 4.13. The Labute approximate surface area is 85.0 Å². The van der Waals surface area contributed by atoms with Crippen LogP contribution in [0.3, 0.4) is 0 Å². The maximum Gasteiger partial charge on any atom is 0.108 e. The van der Waals surface area contributed by atoms with Crippen molar-refractivity contribution in [2.24, 2.45) is 10.7 Å². The van der Waals surface area contributed by atoms with E-state index in [0.717, 1.165) is 0 Å². The van der Waals surface area contributed by atoms with Crippen LogP contribution in [-0.4, -0.2) is 19.4 Å². The van der Waals surface area contributed by atoms with Gasteiger partial charge < -0.3 is 11.1 Å². The zero-order valence-electron chi connectivity index (χ0n) is 8.75. The highest BCUT2D eigenvalue weighted by Gasteiger charge is 1.92. The molecule has 0 atom stereocenters. The minimum absolute atomic E-state index is 0.645. The molecule has 0 unspecified atom stereocenters. The average molecular weight is 191 g/mol. The van der Waals surface area contributed by atoms with Gasteiger partial charge in [-0.25, -0.2) is 0 Å². The molecule has 0 aromatic heterocycles. The largest absolute Gasteiger partial charge is 0.386 e. The Bertz CT molecular complexity index is 301. The fourth-order valence-electron chi connectivity index (χ4n) is 1.12. The van der Waals surface area contributed by atoms with Crippen molar-refractivity contribution in [1.82, 2.24) is 5.32 Å². The molecule has 76 valence electrons. The summed E-state index contributed by atoms with van der Waals surface area (Å²) in [7, 11) is 1.86. The molecule has 0 fully saturated rings. The maximum atomic E-state index is 5.65. The molecule has 0 bridgehead atoms. The van der Waals surface area contributed by atoms with Crippen LogP contribution in [0.25, 0.3) is 0 Å². The minimum atomic E-state index is 0.645. The molecule has 0 aliphatic carbocycles. The molecule has 0 radical (unpaired) electrons. The number of aryl methyl sites for hydroxylation is 1. The number of hydrogen-bond donors (Lipinski definition) is 2. The van der Waals surface area contributed by atoms with Crippen molar-refractivity contribution in [3.8, 4) is 0 Å². The van der Waals surface area contributed by atoms with Crippen LogP contribution in [-0.2, 0) is 6.54 Å². The number of nitrogens with zero attached hydrogens (tertiary/aromatic N) is 1. The average Bonchev–Trinajstić information content (AvgIpc) is 2.17. The van der Waals surface area contributed by atoms with Gasteiger partial charge in [-0.15, -0.1) is 0 Å². The Morgan fingerprint density at radius 3 is 2.57 bits per heavy atom. The van der Waals surface area contributed by atoms with Crippen molar-refractivity contribution < 1.29 is 0 Å². The Hall–Kier alpha value is -1.35. The summed E-state index contributed by atoms with van der Waals surface area (Å²) in [6.07, 6.45) is 0. The summed E-state index contributed by atoms with van der Waals surface area (Å²) < 4.78 is 0. The smallest absolute Gasteiger partial charge is 0.108 e. The molecule has 3 N–H and O–H groups in total. The van der Waals surface area contributed by atoms with Crippen molar-refractivity contribution in [3.63, 3.8) is 0 Å². The number of likely N-dealkylation sites (N-methyl/N-ethyl adjacent to an activating group) is 1. The van der Waals surface area contributed by atoms with Crippen LogP contribution < -0.4 is 11.1 Å². The monoisotopic (exact) mass is 191 g/mol. The summed E-state index contributed by atoms with van der Waals surface area (Å²) in [6.45, 7) is 3.38. The van der Waals surface area contributed by atoms with Crippen molar-refractivity contribution in [2.75, 3.05) is 13.6 Å². The van der Waals surface area contributed by atoms with Crippen molar-refractivity contribution in [1.29, 1.82) is 0 Å². The van der Waals surface area contributed by atoms with Crippen LogP contribution in [0.15, 0.2) is 29.3 Å². The Balaban J connectivity index is 2.53. The van der Waals surface area contributed by atoms with E-state index in [1.807, 2.05) is 7.05 Å². The summed E-state index contributed by atoms with van der Waals surface area (Å²) in [5, 5.41) is 2.96. The van der Waals surface area contributed by atoms with E-state index < -0.39 is 0 Å². The van der Waals surface area contributed by atoms with Gasteiger partial charge >= 0.3 is 0 Å². The second-order valence-electron chi connectivity index (χ2n) is 3.32. The van der Waals surface area contributed by atoms with E-state index in [1.165, 1.54) is 11.1 Å². The predicted octanol–water partition coefficient (Wildman–Crippen LogP) is 1.07. The molecular formula is C11H17N3. The number of benzene rings is 1. The van der Waals surface area contributed by atoms with Gasteiger partial charge in [0.05, 0.1) is 13.1 Å². The normalized spacial score (nSPS) is 11.7. The van der Waals surface area contributed by atoms with Gasteiger partial charge in [-0.3, -0.25) is 4.99 Å². The summed E-state index contributed by atoms with van der Waals surface area (Å²) >= 11 is 0. The molecule has 1 rings (SSSR count). The molecule has 0 aliphatic heterocycles. The molecule has 0 saturated heterocycles. The van der Waals surface area contributed by atoms with Gasteiger partial charge in [0.1, 0.15) is 5.84 Å². The Morgan fingerprint density at radius 1 is 1.36 bits per heavy atom. The molecule has 0 amide bonds. The Morgan fingerprint density at radius 2 is 2.00 bits per heavy atom. The molecule has 0 saturated carbocycles. The van der Waals surface area contributed by atoms with Gasteiger partial charge in [-0.2, -0.15) is 0 Å². The molecule has 0 aliphatic rings. The van der Waals surface area contributed by atoms with Crippen LogP contribution in [0.2, 0.25) is 0 Å². The lowest BCUT2D eigenvalue weighted by Gasteiger charge is -2.00. The van der Waals surface area contributed by atoms with E-state index >= 15 is 0 Å². The molecule has 0 heterocycles. The van der Waals surface area contributed by atoms with Gasteiger partial charge in [0.2, 0.25) is 0 Å². The third-order valence-corrected chi connectivity index (χ3v) is 1.94. The molecule has 1 aromatic rings. The van der Waals surface area contributed by atoms with E-state index in [4.69, 9.17) is 5.73 Å². The van der Waals surface area contributed by atoms with E-state index in [2.05, 4.69) is 41.5 Å². The molecular weight excluding hydrogens is 174 g/mol. The van der Waals surface area contributed by atoms with E-state index in [0.29, 0.717) is 18.9 Å². The summed E-state index contributed by atoms with van der Waals surface area (Å²) in [5.74, 6) is 0.646. The van der Waals surface area contributed by atoms with Gasteiger partial charge in [0.25, 0.3) is 0 Å². The first kappa shape index (κ1) is 10.7. The van der Waals surface area contributed by atoms with Gasteiger partial charge in [-0.1, -0.05) is 29.8 Å². The number of nitrogens with one attached hydrogen (secondary N) is 1. The van der Waals surface area contributed by atoms with Crippen molar-refractivity contribution >= 4 is 5.84 Å². The quantitative estimate of drug-likeness (QED) is 0.552. The standard InChI is InChI=1S/C11H17N3/c1-9-3-5-10(6-4-9)7-14-11(12)8-13-2/h3-6,13H,7-8H2,1-2H3,(H2,12,14). The zero-order valence-corrected chi connectivity index (χ0v) is 8.75. The van der Waals surface area contributed by atoms with E-state index in [9.17, 15) is 0 Å². The minimum Gasteiger partial charge on any atom is -0.386 e. The fourth-order valence-corrected chi connectivity index (χ4v) is 1.12. The number of nitrogens with two attached hydrogens (primary N) is 1. The van der Waals surface area contributed by atoms with Crippen molar-refractivity contribution in [3.05, 3.63) is 35.4 Å². The lowest BCUT2D eigenvalue weighted by atomic mass is 10.1. The molecule has 3 nitrogen and oxygen atoms in total. The number of aliphatic imine (C=N–C) groups is 1. The first-order valence-corrected chi connectivity index (χ1v) is 4.71. The molecule has 3 heteroatoms. The molecule has 0 spiro atoms. The summed E-state index contributed by atoms with van der Waals surface area (Å²) in [4.78, 5) is 4.25. The highest BCUT2D eigenvalue weighted by molar-refractivity contribution is 5.82. The second-order valence-corrected chi connectivity index (χ2v) is 3.32. The van der Waals surface area contributed by atoms with Crippen LogP contribution in [0, 0.1) is 6.92 Å². The number of amidine groups is 1. The summed E-state index contributed by atoms with van der Waals surface area (Å²) in [6, 6.07) is 8.31. The molecule has 1 aromatic carbocycles. The van der Waals surface area contributed by atoms with Gasteiger partial charge in [-0.05, 0) is 19.5 Å². The first-order chi connectivity index (χ1) is 6.72. The number of hydrogen-bond acceptors (Lipinski definition) is 2. The van der Waals surface area contributed by atoms with Crippen LogP contribution in [0.1, 0.15) is 11.1 Å². The number of rotatable bonds is 4. The van der Waals surface area contributed by atoms with Crippen LogP contribution in [0.4, 0.5) is 0 Å². The third kappa shape index (κ3) is 3.58. The fraction of sp³-hybridized carbons (Fsp3) is 0.364. The third-order valence-electron chi connectivity index (χ3n) is 1.94. The first-order valence-electron chi connectivity index (χ1n) is 4.71. The zero-order chi connectivity index (χ0) is 10.4. The molecule has 14 heavy (non-hydrogen) atoms. The van der Waals surface area contributed by atoms with E-state index in [-0.39, 0.29) is 0 Å². The highest BCUT2D eigenvalue weighted by Crippen LogP contribution is 2.03.